The molecular formula is C19H23N3O2. The van der Waals surface area contributed by atoms with E-state index < -0.39 is 0 Å². The molecule has 2 fully saturated rings. The van der Waals surface area contributed by atoms with E-state index in [2.05, 4.69) is 22.3 Å². The van der Waals surface area contributed by atoms with E-state index in [4.69, 9.17) is 4.74 Å². The highest BCUT2D eigenvalue weighted by molar-refractivity contribution is 5.79. The van der Waals surface area contributed by atoms with E-state index in [1.54, 1.807) is 0 Å². The first-order chi connectivity index (χ1) is 11.8. The summed E-state index contributed by atoms with van der Waals surface area (Å²) in [6.07, 6.45) is 4.89. The van der Waals surface area contributed by atoms with E-state index in [0.29, 0.717) is 19.1 Å². The van der Waals surface area contributed by atoms with Gasteiger partial charge in [-0.15, -0.1) is 0 Å². The average molecular weight is 325 g/mol. The van der Waals surface area contributed by atoms with Crippen molar-refractivity contribution in [3.05, 3.63) is 42.2 Å². The maximum Gasteiger partial charge on any atom is 0.228 e. The van der Waals surface area contributed by atoms with E-state index in [1.807, 2.05) is 29.3 Å². The average Bonchev–Trinajstić information content (AvgIpc) is 3.34. The molecule has 2 aromatic rings. The molecular weight excluding hydrogens is 302 g/mol. The summed E-state index contributed by atoms with van der Waals surface area (Å²) in [5, 5.41) is 7.46. The topological polar surface area (TPSA) is 58.2 Å². The third-order valence-electron chi connectivity index (χ3n) is 5.17. The van der Waals surface area contributed by atoms with Crippen LogP contribution in [-0.2, 0) is 9.53 Å². The van der Waals surface area contributed by atoms with Crippen molar-refractivity contribution < 1.29 is 9.53 Å². The number of aromatic amines is 1. The fourth-order valence-corrected chi connectivity index (χ4v) is 3.86. The summed E-state index contributed by atoms with van der Waals surface area (Å²) in [5.41, 5.74) is 3.48. The quantitative estimate of drug-likeness (QED) is 0.944. The SMILES string of the molecule is O=C(C1CCOC1)N1CCCC(c2[nH]ncc2-c2ccccc2)C1. The Morgan fingerprint density at radius 1 is 1.25 bits per heavy atom. The number of benzene rings is 1. The van der Waals surface area contributed by atoms with Crippen molar-refractivity contribution in [1.29, 1.82) is 0 Å². The number of rotatable bonds is 3. The van der Waals surface area contributed by atoms with Gasteiger partial charge in [0.15, 0.2) is 0 Å². The van der Waals surface area contributed by atoms with Gasteiger partial charge in [0, 0.05) is 36.9 Å². The number of amides is 1. The van der Waals surface area contributed by atoms with Crippen molar-refractivity contribution >= 4 is 5.91 Å². The zero-order chi connectivity index (χ0) is 16.4. The van der Waals surface area contributed by atoms with Gasteiger partial charge in [-0.1, -0.05) is 30.3 Å². The number of likely N-dealkylation sites (tertiary alicyclic amines) is 1. The molecule has 1 amide bonds. The normalized spacial score (nSPS) is 24.2. The molecule has 0 saturated carbocycles. The molecule has 2 unspecified atom stereocenters. The number of carbonyl (C=O) groups is 1. The van der Waals surface area contributed by atoms with E-state index in [1.165, 1.54) is 5.56 Å². The molecule has 1 aromatic carbocycles. The summed E-state index contributed by atoms with van der Waals surface area (Å²) in [4.78, 5) is 14.7. The maximum absolute atomic E-state index is 12.7. The Balaban J connectivity index is 1.53. The molecule has 1 N–H and O–H groups in total. The van der Waals surface area contributed by atoms with Crippen molar-refractivity contribution in [2.24, 2.45) is 5.92 Å². The van der Waals surface area contributed by atoms with Crippen LogP contribution in [0.3, 0.4) is 0 Å². The molecule has 3 heterocycles. The van der Waals surface area contributed by atoms with Gasteiger partial charge < -0.3 is 9.64 Å². The van der Waals surface area contributed by atoms with Gasteiger partial charge in [0.1, 0.15) is 0 Å². The molecule has 0 aliphatic carbocycles. The Morgan fingerprint density at radius 2 is 2.12 bits per heavy atom. The van der Waals surface area contributed by atoms with Crippen LogP contribution in [0.15, 0.2) is 36.5 Å². The molecule has 5 heteroatoms. The lowest BCUT2D eigenvalue weighted by molar-refractivity contribution is -0.136. The first-order valence-electron chi connectivity index (χ1n) is 8.78. The van der Waals surface area contributed by atoms with Crippen LogP contribution in [0.4, 0.5) is 0 Å². The lowest BCUT2D eigenvalue weighted by Gasteiger charge is -2.34. The minimum atomic E-state index is 0.0547. The smallest absolute Gasteiger partial charge is 0.228 e. The summed E-state index contributed by atoms with van der Waals surface area (Å²) in [5.74, 6) is 0.639. The number of H-pyrrole nitrogens is 1. The number of nitrogens with one attached hydrogen (secondary N) is 1. The third kappa shape index (κ3) is 2.96. The maximum atomic E-state index is 12.7. The van der Waals surface area contributed by atoms with Crippen molar-refractivity contribution in [2.45, 2.75) is 25.2 Å². The fourth-order valence-electron chi connectivity index (χ4n) is 3.86. The van der Waals surface area contributed by atoms with Crippen molar-refractivity contribution in [3.63, 3.8) is 0 Å². The van der Waals surface area contributed by atoms with Gasteiger partial charge >= 0.3 is 0 Å². The van der Waals surface area contributed by atoms with Crippen LogP contribution in [0.2, 0.25) is 0 Å². The second-order valence-corrected chi connectivity index (χ2v) is 6.75. The first-order valence-corrected chi connectivity index (χ1v) is 8.78. The van der Waals surface area contributed by atoms with Gasteiger partial charge in [-0.05, 0) is 24.8 Å². The third-order valence-corrected chi connectivity index (χ3v) is 5.17. The van der Waals surface area contributed by atoms with E-state index >= 15 is 0 Å². The lowest BCUT2D eigenvalue weighted by Crippen LogP contribution is -2.42. The zero-order valence-electron chi connectivity index (χ0n) is 13.8. The molecule has 2 atom stereocenters. The van der Waals surface area contributed by atoms with Gasteiger partial charge in [-0.3, -0.25) is 9.89 Å². The van der Waals surface area contributed by atoms with Crippen LogP contribution in [0.5, 0.6) is 0 Å². The first kappa shape index (κ1) is 15.4. The molecule has 2 aliphatic heterocycles. The Hall–Kier alpha value is -2.14. The van der Waals surface area contributed by atoms with Crippen LogP contribution < -0.4 is 0 Å². The van der Waals surface area contributed by atoms with Gasteiger partial charge in [0.25, 0.3) is 0 Å². The number of piperidine rings is 1. The van der Waals surface area contributed by atoms with Crippen molar-refractivity contribution in [3.8, 4) is 11.1 Å². The molecule has 2 aliphatic rings. The number of hydrogen-bond acceptors (Lipinski definition) is 3. The van der Waals surface area contributed by atoms with Crippen molar-refractivity contribution in [2.75, 3.05) is 26.3 Å². The molecule has 1 aromatic heterocycles. The molecule has 0 bridgehead atoms. The molecule has 5 nitrogen and oxygen atoms in total. The zero-order valence-corrected chi connectivity index (χ0v) is 13.8. The predicted octanol–water partition coefficient (Wildman–Crippen LogP) is 2.82. The Morgan fingerprint density at radius 3 is 2.92 bits per heavy atom. The second kappa shape index (κ2) is 6.77. The number of aromatic nitrogens is 2. The summed E-state index contributed by atoms with van der Waals surface area (Å²) in [7, 11) is 0. The van der Waals surface area contributed by atoms with Gasteiger partial charge in [-0.2, -0.15) is 5.10 Å². The second-order valence-electron chi connectivity index (χ2n) is 6.75. The minimum Gasteiger partial charge on any atom is -0.381 e. The number of nitrogens with zero attached hydrogens (tertiary/aromatic N) is 2. The van der Waals surface area contributed by atoms with Gasteiger partial charge in [0.2, 0.25) is 5.91 Å². The summed E-state index contributed by atoms with van der Waals surface area (Å²) < 4.78 is 5.38. The van der Waals surface area contributed by atoms with Crippen LogP contribution >= 0.6 is 0 Å². The summed E-state index contributed by atoms with van der Waals surface area (Å²) in [6.45, 7) is 2.93. The minimum absolute atomic E-state index is 0.0547. The summed E-state index contributed by atoms with van der Waals surface area (Å²) >= 11 is 0. The number of hydrogen-bond donors (Lipinski definition) is 1. The van der Waals surface area contributed by atoms with Crippen LogP contribution in [0, 0.1) is 5.92 Å². The highest BCUT2D eigenvalue weighted by atomic mass is 16.5. The standard InChI is InChI=1S/C19H23N3O2/c23-19(16-8-10-24-13-16)22-9-4-7-15(12-22)18-17(11-20-21-18)14-5-2-1-3-6-14/h1-3,5-6,11,15-16H,4,7-10,12-13H2,(H,20,21). The largest absolute Gasteiger partial charge is 0.381 e. The predicted molar refractivity (Wildman–Crippen MR) is 91.5 cm³/mol. The Kier molecular flexibility index (Phi) is 4.34. The van der Waals surface area contributed by atoms with Crippen LogP contribution in [0.1, 0.15) is 30.9 Å². The van der Waals surface area contributed by atoms with E-state index in [-0.39, 0.29) is 11.8 Å². The number of carbonyl (C=O) groups excluding carboxylic acids is 1. The van der Waals surface area contributed by atoms with E-state index in [0.717, 1.165) is 43.6 Å². The van der Waals surface area contributed by atoms with Gasteiger partial charge in [0.05, 0.1) is 18.7 Å². The number of ether oxygens (including phenoxy) is 1. The van der Waals surface area contributed by atoms with Gasteiger partial charge in [-0.25, -0.2) is 0 Å². The molecule has 2 saturated heterocycles. The summed E-state index contributed by atoms with van der Waals surface area (Å²) in [6, 6.07) is 10.3. The van der Waals surface area contributed by atoms with E-state index in [9.17, 15) is 4.79 Å². The molecule has 24 heavy (non-hydrogen) atoms. The fraction of sp³-hybridized carbons (Fsp3) is 0.474. The highest BCUT2D eigenvalue weighted by Crippen LogP contribution is 2.33. The Labute approximate surface area is 142 Å². The monoisotopic (exact) mass is 325 g/mol. The highest BCUT2D eigenvalue weighted by Gasteiger charge is 2.32. The van der Waals surface area contributed by atoms with Crippen LogP contribution in [-0.4, -0.2) is 47.3 Å². The molecule has 0 spiro atoms. The lowest BCUT2D eigenvalue weighted by atomic mass is 9.90. The Bertz CT molecular complexity index is 692. The molecule has 0 radical (unpaired) electrons. The van der Waals surface area contributed by atoms with Crippen molar-refractivity contribution in [1.82, 2.24) is 15.1 Å². The van der Waals surface area contributed by atoms with Crippen LogP contribution in [0.25, 0.3) is 11.1 Å². The molecule has 126 valence electrons. The molecule has 4 rings (SSSR count).